The van der Waals surface area contributed by atoms with Crippen molar-refractivity contribution in [2.45, 2.75) is 38.8 Å². The Balaban J connectivity index is 2.00. The number of aryl methyl sites for hydroxylation is 1. The Bertz CT molecular complexity index is 350. The molecule has 96 valence electrons. The van der Waals surface area contributed by atoms with Gasteiger partial charge in [0.2, 0.25) is 0 Å². The van der Waals surface area contributed by atoms with Crippen molar-refractivity contribution >= 4 is 0 Å². The molecule has 1 aromatic heterocycles. The second-order valence-electron chi connectivity index (χ2n) is 4.96. The maximum atomic E-state index is 5.67. The molecule has 0 bridgehead atoms. The predicted molar refractivity (Wildman–Crippen MR) is 67.9 cm³/mol. The van der Waals surface area contributed by atoms with Crippen molar-refractivity contribution in [2.24, 2.45) is 13.0 Å². The van der Waals surface area contributed by atoms with E-state index in [9.17, 15) is 0 Å². The summed E-state index contributed by atoms with van der Waals surface area (Å²) in [5.41, 5.74) is 0. The first-order valence-electron chi connectivity index (χ1n) is 6.52. The van der Waals surface area contributed by atoms with Gasteiger partial charge in [-0.25, -0.2) is 4.98 Å². The molecular formula is C13H23N3O. The second kappa shape index (κ2) is 5.65. The largest absolute Gasteiger partial charge is 0.378 e. The van der Waals surface area contributed by atoms with Gasteiger partial charge in [0.05, 0.1) is 12.7 Å². The molecule has 0 amide bonds. The van der Waals surface area contributed by atoms with Crippen LogP contribution in [0.5, 0.6) is 0 Å². The smallest absolute Gasteiger partial charge is 0.109 e. The van der Waals surface area contributed by atoms with Gasteiger partial charge in [-0.05, 0) is 19.9 Å². The first-order valence-corrected chi connectivity index (χ1v) is 6.52. The van der Waals surface area contributed by atoms with Gasteiger partial charge in [0.1, 0.15) is 5.82 Å². The lowest BCUT2D eigenvalue weighted by Gasteiger charge is -2.23. The van der Waals surface area contributed by atoms with E-state index in [1.54, 1.807) is 0 Å². The van der Waals surface area contributed by atoms with Gasteiger partial charge < -0.3 is 14.6 Å². The van der Waals surface area contributed by atoms with E-state index in [2.05, 4.69) is 35.8 Å². The zero-order valence-electron chi connectivity index (χ0n) is 11.0. The number of nitrogens with one attached hydrogen (secondary N) is 1. The van der Waals surface area contributed by atoms with Crippen LogP contribution in [0.15, 0.2) is 12.4 Å². The molecule has 4 nitrogen and oxygen atoms in total. The number of imidazole rings is 1. The summed E-state index contributed by atoms with van der Waals surface area (Å²) in [4.78, 5) is 4.41. The fraction of sp³-hybridized carbons (Fsp3) is 0.769. The van der Waals surface area contributed by atoms with Gasteiger partial charge in [0.25, 0.3) is 0 Å². The highest BCUT2D eigenvalue weighted by molar-refractivity contribution is 4.97. The van der Waals surface area contributed by atoms with Crippen molar-refractivity contribution in [3.8, 4) is 0 Å². The monoisotopic (exact) mass is 237 g/mol. The molecule has 1 fully saturated rings. The lowest BCUT2D eigenvalue weighted by Crippen LogP contribution is -2.39. The van der Waals surface area contributed by atoms with E-state index in [1.165, 1.54) is 0 Å². The van der Waals surface area contributed by atoms with Gasteiger partial charge in [-0.3, -0.25) is 0 Å². The van der Waals surface area contributed by atoms with E-state index in [-0.39, 0.29) is 0 Å². The summed E-state index contributed by atoms with van der Waals surface area (Å²) in [5, 5.41) is 3.58. The maximum Gasteiger partial charge on any atom is 0.109 e. The molecule has 3 unspecified atom stereocenters. The van der Waals surface area contributed by atoms with Crippen LogP contribution in [0.3, 0.4) is 0 Å². The van der Waals surface area contributed by atoms with Crippen molar-refractivity contribution in [1.82, 2.24) is 14.9 Å². The lowest BCUT2D eigenvalue weighted by molar-refractivity contribution is 0.117. The summed E-state index contributed by atoms with van der Waals surface area (Å²) in [6.07, 6.45) is 6.42. The SMILES string of the molecule is CCNC(Cc1nccn1C)C1COC(C)C1. The molecule has 4 heteroatoms. The first-order chi connectivity index (χ1) is 8.20. The van der Waals surface area contributed by atoms with Crippen LogP contribution in [-0.4, -0.2) is 34.8 Å². The highest BCUT2D eigenvalue weighted by Gasteiger charge is 2.29. The minimum atomic E-state index is 0.405. The zero-order valence-corrected chi connectivity index (χ0v) is 11.0. The van der Waals surface area contributed by atoms with Crippen molar-refractivity contribution in [3.63, 3.8) is 0 Å². The van der Waals surface area contributed by atoms with E-state index >= 15 is 0 Å². The number of nitrogens with zero attached hydrogens (tertiary/aromatic N) is 2. The Hall–Kier alpha value is -0.870. The third-order valence-corrected chi connectivity index (χ3v) is 3.59. The van der Waals surface area contributed by atoms with Crippen LogP contribution in [0, 0.1) is 5.92 Å². The van der Waals surface area contributed by atoms with E-state index in [0.29, 0.717) is 18.1 Å². The topological polar surface area (TPSA) is 39.1 Å². The molecule has 0 spiro atoms. The molecule has 1 saturated heterocycles. The van der Waals surface area contributed by atoms with Crippen LogP contribution in [0.4, 0.5) is 0 Å². The average Bonchev–Trinajstić information content (AvgIpc) is 2.88. The highest BCUT2D eigenvalue weighted by atomic mass is 16.5. The predicted octanol–water partition coefficient (Wildman–Crippen LogP) is 1.37. The Morgan fingerprint density at radius 2 is 2.47 bits per heavy atom. The summed E-state index contributed by atoms with van der Waals surface area (Å²) >= 11 is 0. The molecule has 1 aromatic rings. The number of hydrogen-bond acceptors (Lipinski definition) is 3. The number of hydrogen-bond donors (Lipinski definition) is 1. The van der Waals surface area contributed by atoms with Crippen LogP contribution in [0.2, 0.25) is 0 Å². The molecule has 2 heterocycles. The molecular weight excluding hydrogens is 214 g/mol. The maximum absolute atomic E-state index is 5.67. The molecule has 0 saturated carbocycles. The summed E-state index contributed by atoms with van der Waals surface area (Å²) in [6.45, 7) is 6.19. The van der Waals surface area contributed by atoms with Crippen LogP contribution >= 0.6 is 0 Å². The quantitative estimate of drug-likeness (QED) is 0.840. The number of likely N-dealkylation sites (N-methyl/N-ethyl adjacent to an activating group) is 1. The van der Waals surface area contributed by atoms with Gasteiger partial charge in [-0.1, -0.05) is 6.92 Å². The normalized spacial score (nSPS) is 26.3. The minimum absolute atomic E-state index is 0.405. The molecule has 2 rings (SSSR count). The fourth-order valence-electron chi connectivity index (χ4n) is 2.59. The third kappa shape index (κ3) is 3.07. The van der Waals surface area contributed by atoms with Crippen LogP contribution in [0.25, 0.3) is 0 Å². The molecule has 1 aliphatic rings. The zero-order chi connectivity index (χ0) is 12.3. The average molecular weight is 237 g/mol. The van der Waals surface area contributed by atoms with Gasteiger partial charge in [0, 0.05) is 37.8 Å². The number of rotatable bonds is 5. The summed E-state index contributed by atoms with van der Waals surface area (Å²) < 4.78 is 7.78. The first kappa shape index (κ1) is 12.6. The van der Waals surface area contributed by atoms with Gasteiger partial charge in [-0.15, -0.1) is 0 Å². The Labute approximate surface area is 103 Å². The summed E-state index contributed by atoms with van der Waals surface area (Å²) in [5.74, 6) is 1.76. The molecule has 17 heavy (non-hydrogen) atoms. The van der Waals surface area contributed by atoms with Gasteiger partial charge in [0.15, 0.2) is 0 Å². The highest BCUT2D eigenvalue weighted by Crippen LogP contribution is 2.24. The summed E-state index contributed by atoms with van der Waals surface area (Å²) in [7, 11) is 2.05. The van der Waals surface area contributed by atoms with Crippen molar-refractivity contribution in [2.75, 3.05) is 13.2 Å². The van der Waals surface area contributed by atoms with E-state index in [1.807, 2.05) is 12.4 Å². The lowest BCUT2D eigenvalue weighted by atomic mass is 9.94. The molecule has 1 aliphatic heterocycles. The minimum Gasteiger partial charge on any atom is -0.378 e. The van der Waals surface area contributed by atoms with Gasteiger partial charge >= 0.3 is 0 Å². The molecule has 3 atom stereocenters. The molecule has 0 aliphatic carbocycles. The number of ether oxygens (including phenoxy) is 1. The Morgan fingerprint density at radius 1 is 1.65 bits per heavy atom. The van der Waals surface area contributed by atoms with E-state index < -0.39 is 0 Å². The Morgan fingerprint density at radius 3 is 3.00 bits per heavy atom. The number of aromatic nitrogens is 2. The van der Waals surface area contributed by atoms with Crippen molar-refractivity contribution < 1.29 is 4.74 Å². The standard InChI is InChI=1S/C13H23N3O/c1-4-14-12(11-7-10(2)17-9-11)8-13-15-5-6-16(13)3/h5-6,10-12,14H,4,7-9H2,1-3H3. The van der Waals surface area contributed by atoms with Crippen molar-refractivity contribution in [1.29, 1.82) is 0 Å². The Kier molecular flexibility index (Phi) is 4.18. The van der Waals surface area contributed by atoms with Gasteiger partial charge in [-0.2, -0.15) is 0 Å². The molecule has 0 aromatic carbocycles. The van der Waals surface area contributed by atoms with Crippen LogP contribution in [-0.2, 0) is 18.2 Å². The van der Waals surface area contributed by atoms with E-state index in [0.717, 1.165) is 31.8 Å². The third-order valence-electron chi connectivity index (χ3n) is 3.59. The second-order valence-corrected chi connectivity index (χ2v) is 4.96. The van der Waals surface area contributed by atoms with E-state index in [4.69, 9.17) is 4.74 Å². The fourth-order valence-corrected chi connectivity index (χ4v) is 2.59. The van der Waals surface area contributed by atoms with Crippen LogP contribution < -0.4 is 5.32 Å². The summed E-state index contributed by atoms with van der Waals surface area (Å²) in [6, 6.07) is 0.478. The van der Waals surface area contributed by atoms with Crippen LogP contribution in [0.1, 0.15) is 26.1 Å². The van der Waals surface area contributed by atoms with Crippen molar-refractivity contribution in [3.05, 3.63) is 18.2 Å². The molecule has 1 N–H and O–H groups in total. The molecule has 0 radical (unpaired) electrons.